The van der Waals surface area contributed by atoms with Gasteiger partial charge in [0, 0.05) is 28.7 Å². The van der Waals surface area contributed by atoms with E-state index in [1.807, 2.05) is 25.1 Å². The number of fused-ring (bicyclic) bond motifs is 1. The van der Waals surface area contributed by atoms with Gasteiger partial charge in [0.1, 0.15) is 4.88 Å². The van der Waals surface area contributed by atoms with Gasteiger partial charge in [-0.25, -0.2) is 0 Å². The first kappa shape index (κ1) is 15.3. The highest BCUT2D eigenvalue weighted by atomic mass is 79.9. The molecular formula is C14H17BrN2O2S. The number of carbonyl (C=O) groups is 1. The molecular weight excluding hydrogens is 340 g/mol. The van der Waals surface area contributed by atoms with E-state index in [0.29, 0.717) is 17.2 Å². The minimum Gasteiger partial charge on any atom is -0.397 e. The molecule has 0 saturated carbocycles. The van der Waals surface area contributed by atoms with Crippen LogP contribution in [0.15, 0.2) is 22.7 Å². The quantitative estimate of drug-likeness (QED) is 0.913. The van der Waals surface area contributed by atoms with Crippen LogP contribution in [0.2, 0.25) is 0 Å². The normalized spacial score (nSPS) is 12.6. The summed E-state index contributed by atoms with van der Waals surface area (Å²) in [6.07, 6.45) is 0. The van der Waals surface area contributed by atoms with E-state index in [4.69, 9.17) is 10.5 Å². The zero-order chi connectivity index (χ0) is 14.9. The smallest absolute Gasteiger partial charge is 0.266 e. The maximum absolute atomic E-state index is 12.5. The van der Waals surface area contributed by atoms with Crippen molar-refractivity contribution in [2.24, 2.45) is 0 Å². The predicted molar refractivity (Wildman–Crippen MR) is 87.4 cm³/mol. The van der Waals surface area contributed by atoms with E-state index >= 15 is 0 Å². The van der Waals surface area contributed by atoms with E-state index in [1.165, 1.54) is 11.3 Å². The zero-order valence-electron chi connectivity index (χ0n) is 11.6. The maximum atomic E-state index is 12.5. The summed E-state index contributed by atoms with van der Waals surface area (Å²) >= 11 is 4.85. The van der Waals surface area contributed by atoms with Gasteiger partial charge in [-0.15, -0.1) is 11.3 Å². The average Bonchev–Trinajstić information content (AvgIpc) is 2.74. The molecule has 0 radical (unpaired) electrons. The summed E-state index contributed by atoms with van der Waals surface area (Å²) in [7, 11) is 3.39. The summed E-state index contributed by atoms with van der Waals surface area (Å²) in [5, 5.41) is 0.925. The molecule has 2 aromatic rings. The molecule has 1 aromatic carbocycles. The first-order chi connectivity index (χ1) is 9.45. The van der Waals surface area contributed by atoms with Crippen molar-refractivity contribution in [3.63, 3.8) is 0 Å². The first-order valence-electron chi connectivity index (χ1n) is 6.19. The van der Waals surface area contributed by atoms with Gasteiger partial charge in [0.05, 0.1) is 18.3 Å². The van der Waals surface area contributed by atoms with E-state index in [9.17, 15) is 4.79 Å². The van der Waals surface area contributed by atoms with Gasteiger partial charge in [0.2, 0.25) is 0 Å². The van der Waals surface area contributed by atoms with Crippen LogP contribution in [0.25, 0.3) is 10.1 Å². The molecule has 0 spiro atoms. The lowest BCUT2D eigenvalue weighted by atomic mass is 10.2. The lowest BCUT2D eigenvalue weighted by Crippen LogP contribution is -2.37. The number of ether oxygens (including phenoxy) is 1. The molecule has 4 nitrogen and oxygen atoms in total. The molecule has 0 aliphatic rings. The van der Waals surface area contributed by atoms with Crippen LogP contribution in [-0.2, 0) is 4.74 Å². The fourth-order valence-electron chi connectivity index (χ4n) is 1.96. The Kier molecular flexibility index (Phi) is 4.67. The standard InChI is InChI=1S/C14H17BrN2O2S/c1-8(7-19-3)17(2)14(18)13-12(16)10-5-4-9(15)6-11(10)20-13/h4-6,8H,7,16H2,1-3H3. The number of hydrogen-bond donors (Lipinski definition) is 1. The van der Waals surface area contributed by atoms with Crippen molar-refractivity contribution >= 4 is 48.9 Å². The fraction of sp³-hybridized carbons (Fsp3) is 0.357. The number of carbonyl (C=O) groups excluding carboxylic acids is 1. The number of halogens is 1. The number of amides is 1. The number of likely N-dealkylation sites (N-methyl/N-ethyl adjacent to an activating group) is 1. The molecule has 1 unspecified atom stereocenters. The minimum atomic E-state index is -0.0654. The molecule has 2 rings (SSSR count). The fourth-order valence-corrected chi connectivity index (χ4v) is 3.62. The minimum absolute atomic E-state index is 0.00356. The largest absolute Gasteiger partial charge is 0.397 e. The molecule has 1 heterocycles. The number of anilines is 1. The number of nitrogens with two attached hydrogens (primary N) is 1. The second-order valence-electron chi connectivity index (χ2n) is 4.71. The Balaban J connectivity index is 2.37. The molecule has 20 heavy (non-hydrogen) atoms. The van der Waals surface area contributed by atoms with Gasteiger partial charge in [-0.3, -0.25) is 4.79 Å². The summed E-state index contributed by atoms with van der Waals surface area (Å²) in [6, 6.07) is 5.84. The monoisotopic (exact) mass is 356 g/mol. The molecule has 1 amide bonds. The average molecular weight is 357 g/mol. The Hall–Kier alpha value is -1.11. The number of benzene rings is 1. The van der Waals surface area contributed by atoms with Crippen molar-refractivity contribution in [1.29, 1.82) is 0 Å². The van der Waals surface area contributed by atoms with E-state index in [0.717, 1.165) is 14.6 Å². The van der Waals surface area contributed by atoms with E-state index in [2.05, 4.69) is 15.9 Å². The first-order valence-corrected chi connectivity index (χ1v) is 7.80. The second-order valence-corrected chi connectivity index (χ2v) is 6.67. The predicted octanol–water partition coefficient (Wildman–Crippen LogP) is 3.35. The molecule has 0 fully saturated rings. The summed E-state index contributed by atoms with van der Waals surface area (Å²) in [4.78, 5) is 14.8. The Bertz CT molecular complexity index is 641. The number of rotatable bonds is 4. The summed E-state index contributed by atoms with van der Waals surface area (Å²) in [6.45, 7) is 2.44. The molecule has 2 N–H and O–H groups in total. The van der Waals surface area contributed by atoms with Crippen molar-refractivity contribution in [2.45, 2.75) is 13.0 Å². The highest BCUT2D eigenvalue weighted by molar-refractivity contribution is 9.10. The topological polar surface area (TPSA) is 55.6 Å². The summed E-state index contributed by atoms with van der Waals surface area (Å²) in [5.74, 6) is -0.0654. The van der Waals surface area contributed by atoms with Crippen LogP contribution in [0.5, 0.6) is 0 Å². The molecule has 1 atom stereocenters. The number of nitrogens with zero attached hydrogens (tertiary/aromatic N) is 1. The molecule has 6 heteroatoms. The third-order valence-electron chi connectivity index (χ3n) is 3.27. The highest BCUT2D eigenvalue weighted by Crippen LogP contribution is 2.36. The Morgan fingerprint density at radius 1 is 1.55 bits per heavy atom. The van der Waals surface area contributed by atoms with Crippen LogP contribution in [0.1, 0.15) is 16.6 Å². The number of nitrogen functional groups attached to an aromatic ring is 1. The third-order valence-corrected chi connectivity index (χ3v) is 4.92. The van der Waals surface area contributed by atoms with Crippen LogP contribution in [-0.4, -0.2) is 37.6 Å². The molecule has 0 bridgehead atoms. The van der Waals surface area contributed by atoms with Gasteiger partial charge >= 0.3 is 0 Å². The Morgan fingerprint density at radius 2 is 2.25 bits per heavy atom. The SMILES string of the molecule is COCC(C)N(C)C(=O)c1sc2cc(Br)ccc2c1N. The van der Waals surface area contributed by atoms with Crippen molar-refractivity contribution in [3.8, 4) is 0 Å². The Labute approximate surface area is 130 Å². The van der Waals surface area contributed by atoms with Gasteiger partial charge in [-0.2, -0.15) is 0 Å². The van der Waals surface area contributed by atoms with Gasteiger partial charge in [0.25, 0.3) is 5.91 Å². The van der Waals surface area contributed by atoms with Gasteiger partial charge in [-0.05, 0) is 19.1 Å². The summed E-state index contributed by atoms with van der Waals surface area (Å²) < 4.78 is 7.07. The van der Waals surface area contributed by atoms with Crippen molar-refractivity contribution in [1.82, 2.24) is 4.90 Å². The van der Waals surface area contributed by atoms with Crippen molar-refractivity contribution < 1.29 is 9.53 Å². The molecule has 1 aromatic heterocycles. The maximum Gasteiger partial charge on any atom is 0.266 e. The van der Waals surface area contributed by atoms with Crippen LogP contribution in [0, 0.1) is 0 Å². The third kappa shape index (κ3) is 2.82. The van der Waals surface area contributed by atoms with Crippen LogP contribution in [0.4, 0.5) is 5.69 Å². The van der Waals surface area contributed by atoms with Crippen LogP contribution >= 0.6 is 27.3 Å². The summed E-state index contributed by atoms with van der Waals surface area (Å²) in [5.41, 5.74) is 6.67. The van der Waals surface area contributed by atoms with E-state index in [1.54, 1.807) is 19.1 Å². The number of hydrogen-bond acceptors (Lipinski definition) is 4. The van der Waals surface area contributed by atoms with E-state index in [-0.39, 0.29) is 11.9 Å². The van der Waals surface area contributed by atoms with Crippen LogP contribution < -0.4 is 5.73 Å². The molecule has 0 saturated heterocycles. The van der Waals surface area contributed by atoms with Gasteiger partial charge in [-0.1, -0.05) is 22.0 Å². The zero-order valence-corrected chi connectivity index (χ0v) is 14.0. The highest BCUT2D eigenvalue weighted by Gasteiger charge is 2.22. The van der Waals surface area contributed by atoms with Crippen LogP contribution in [0.3, 0.4) is 0 Å². The van der Waals surface area contributed by atoms with E-state index < -0.39 is 0 Å². The lowest BCUT2D eigenvalue weighted by Gasteiger charge is -2.23. The van der Waals surface area contributed by atoms with Crippen molar-refractivity contribution in [2.75, 3.05) is 26.5 Å². The van der Waals surface area contributed by atoms with Crippen molar-refractivity contribution in [3.05, 3.63) is 27.5 Å². The molecule has 0 aliphatic carbocycles. The number of thiophene rings is 1. The van der Waals surface area contributed by atoms with Gasteiger partial charge in [0.15, 0.2) is 0 Å². The molecule has 0 aliphatic heterocycles. The second kappa shape index (κ2) is 6.11. The number of methoxy groups -OCH3 is 1. The molecule has 108 valence electrons. The van der Waals surface area contributed by atoms with Gasteiger partial charge < -0.3 is 15.4 Å². The Morgan fingerprint density at radius 3 is 2.90 bits per heavy atom. The lowest BCUT2D eigenvalue weighted by molar-refractivity contribution is 0.0639.